The molecule has 5 rings (SSSR count). The van der Waals surface area contributed by atoms with Crippen LogP contribution in [0.4, 0.5) is 0 Å². The Balaban J connectivity index is 1.69. The fourth-order valence-electron chi connectivity index (χ4n) is 5.17. The van der Waals surface area contributed by atoms with Crippen LogP contribution in [0, 0.1) is 11.8 Å². The van der Waals surface area contributed by atoms with Crippen molar-refractivity contribution in [1.82, 2.24) is 0 Å². The molecule has 3 heteroatoms. The van der Waals surface area contributed by atoms with Crippen molar-refractivity contribution >= 4 is 15.9 Å². The van der Waals surface area contributed by atoms with E-state index in [0.717, 1.165) is 16.0 Å². The second-order valence-corrected chi connectivity index (χ2v) is 11.4. The smallest absolute Gasteiger partial charge is 0.119 e. The Bertz CT molecular complexity index is 1280. The maximum atomic E-state index is 6.02. The van der Waals surface area contributed by atoms with Gasteiger partial charge in [0.15, 0.2) is 0 Å². The topological polar surface area (TPSA) is 18.5 Å². The predicted octanol–water partition coefficient (Wildman–Crippen LogP) is 8.88. The summed E-state index contributed by atoms with van der Waals surface area (Å²) in [5.74, 6) is 2.78. The van der Waals surface area contributed by atoms with E-state index in [2.05, 4.69) is 135 Å². The first-order chi connectivity index (χ1) is 17.4. The minimum Gasteiger partial charge on any atom is -0.493 e. The van der Waals surface area contributed by atoms with Crippen LogP contribution in [0.2, 0.25) is 0 Å². The van der Waals surface area contributed by atoms with Gasteiger partial charge in [-0.15, -0.1) is 0 Å². The monoisotopic (exact) mass is 540 g/mol. The van der Waals surface area contributed by atoms with E-state index < -0.39 is 5.41 Å². The van der Waals surface area contributed by atoms with Crippen LogP contribution < -0.4 is 9.47 Å². The molecule has 0 saturated carbocycles. The van der Waals surface area contributed by atoms with Crippen molar-refractivity contribution in [1.29, 1.82) is 0 Å². The van der Waals surface area contributed by atoms with Crippen LogP contribution in [-0.4, -0.2) is 13.2 Å². The van der Waals surface area contributed by atoms with E-state index in [9.17, 15) is 0 Å². The molecular weight excluding hydrogens is 508 g/mol. The summed E-state index contributed by atoms with van der Waals surface area (Å²) < 4.78 is 13.1. The Morgan fingerprint density at radius 1 is 0.611 bits per heavy atom. The lowest BCUT2D eigenvalue weighted by Gasteiger charge is -2.34. The molecule has 0 fully saturated rings. The van der Waals surface area contributed by atoms with Crippen molar-refractivity contribution in [3.05, 3.63) is 118 Å². The first kappa shape index (κ1) is 24.6. The zero-order valence-electron chi connectivity index (χ0n) is 21.4. The van der Waals surface area contributed by atoms with E-state index in [4.69, 9.17) is 9.47 Å². The van der Waals surface area contributed by atoms with Crippen LogP contribution in [0.25, 0.3) is 11.1 Å². The highest BCUT2D eigenvalue weighted by atomic mass is 79.9. The molecular formula is C33H33BrO2. The van der Waals surface area contributed by atoms with E-state index in [1.807, 2.05) is 0 Å². The van der Waals surface area contributed by atoms with Crippen molar-refractivity contribution in [2.75, 3.05) is 13.2 Å². The van der Waals surface area contributed by atoms with Crippen LogP contribution in [-0.2, 0) is 5.41 Å². The molecule has 4 aromatic carbocycles. The zero-order valence-corrected chi connectivity index (χ0v) is 23.0. The lowest BCUT2D eigenvalue weighted by Crippen LogP contribution is -2.28. The molecule has 2 nitrogen and oxygen atoms in total. The molecule has 0 spiro atoms. The van der Waals surface area contributed by atoms with Crippen LogP contribution in [0.1, 0.15) is 49.9 Å². The van der Waals surface area contributed by atoms with Gasteiger partial charge < -0.3 is 9.47 Å². The maximum Gasteiger partial charge on any atom is 0.119 e. The van der Waals surface area contributed by atoms with Crippen molar-refractivity contribution in [2.45, 2.75) is 33.1 Å². The molecule has 0 radical (unpaired) electrons. The molecule has 0 aliphatic heterocycles. The van der Waals surface area contributed by atoms with Crippen molar-refractivity contribution in [2.24, 2.45) is 11.8 Å². The third-order valence-electron chi connectivity index (χ3n) is 6.75. The third-order valence-corrected chi connectivity index (χ3v) is 7.24. The third kappa shape index (κ3) is 4.46. The fourth-order valence-corrected chi connectivity index (χ4v) is 5.53. The van der Waals surface area contributed by atoms with Crippen molar-refractivity contribution in [3.63, 3.8) is 0 Å². The summed E-state index contributed by atoms with van der Waals surface area (Å²) in [7, 11) is 0. The molecule has 1 aliphatic rings. The molecule has 184 valence electrons. The first-order valence-corrected chi connectivity index (χ1v) is 13.6. The van der Waals surface area contributed by atoms with Gasteiger partial charge in [-0.3, -0.25) is 0 Å². The molecule has 0 amide bonds. The molecule has 0 N–H and O–H groups in total. The summed E-state index contributed by atoms with van der Waals surface area (Å²) in [6, 6.07) is 32.8. The van der Waals surface area contributed by atoms with Gasteiger partial charge in [0.05, 0.1) is 18.6 Å². The number of hydrogen-bond donors (Lipinski definition) is 0. The maximum absolute atomic E-state index is 6.02. The van der Waals surface area contributed by atoms with Gasteiger partial charge >= 0.3 is 0 Å². The quantitative estimate of drug-likeness (QED) is 0.195. The Morgan fingerprint density at radius 3 is 1.64 bits per heavy atom. The molecule has 0 aromatic heterocycles. The SMILES string of the molecule is CC(C)COc1ccc(C2(c3ccc(OCC(C)C)cc3)c3ccccc3-c3ccc(Br)cc32)cc1. The first-order valence-electron chi connectivity index (χ1n) is 12.8. The number of rotatable bonds is 8. The van der Waals surface area contributed by atoms with E-state index in [-0.39, 0.29) is 0 Å². The van der Waals surface area contributed by atoms with Gasteiger partial charge in [-0.05, 0) is 81.6 Å². The molecule has 36 heavy (non-hydrogen) atoms. The largest absolute Gasteiger partial charge is 0.493 e. The minimum absolute atomic E-state index is 0.442. The van der Waals surface area contributed by atoms with Crippen LogP contribution in [0.5, 0.6) is 11.5 Å². The van der Waals surface area contributed by atoms with Gasteiger partial charge in [-0.25, -0.2) is 0 Å². The molecule has 4 aromatic rings. The standard InChI is InChI=1S/C33H33BrO2/c1-22(2)20-35-27-14-9-24(10-15-27)33(25-11-16-28(17-12-25)36-21-23(3)4)31-8-6-5-7-29(31)30-18-13-26(34)19-32(30)33/h5-19,22-23H,20-21H2,1-4H3. The predicted molar refractivity (Wildman–Crippen MR) is 152 cm³/mol. The normalized spacial score (nSPS) is 13.5. The van der Waals surface area contributed by atoms with E-state index in [0.29, 0.717) is 25.0 Å². The average molecular weight is 542 g/mol. The van der Waals surface area contributed by atoms with Gasteiger partial charge in [0.1, 0.15) is 11.5 Å². The fraction of sp³-hybridized carbons (Fsp3) is 0.273. The second-order valence-electron chi connectivity index (χ2n) is 10.4. The molecule has 0 saturated heterocycles. The number of benzene rings is 4. The summed E-state index contributed by atoms with van der Waals surface area (Å²) >= 11 is 3.76. The van der Waals surface area contributed by atoms with Crippen LogP contribution in [0.3, 0.4) is 0 Å². The molecule has 1 aliphatic carbocycles. The molecule has 0 unspecified atom stereocenters. The average Bonchev–Trinajstić information content (AvgIpc) is 3.17. The van der Waals surface area contributed by atoms with E-state index >= 15 is 0 Å². The lowest BCUT2D eigenvalue weighted by atomic mass is 9.68. The van der Waals surface area contributed by atoms with Gasteiger partial charge in [-0.2, -0.15) is 0 Å². The summed E-state index contributed by atoms with van der Waals surface area (Å²) in [6.07, 6.45) is 0. The van der Waals surface area contributed by atoms with Gasteiger partial charge in [0, 0.05) is 4.47 Å². The highest BCUT2D eigenvalue weighted by Gasteiger charge is 2.46. The van der Waals surface area contributed by atoms with Gasteiger partial charge in [0.2, 0.25) is 0 Å². The summed E-state index contributed by atoms with van der Waals surface area (Å²) in [6.45, 7) is 10.1. The van der Waals surface area contributed by atoms with E-state index in [1.165, 1.54) is 33.4 Å². The zero-order chi connectivity index (χ0) is 25.3. The van der Waals surface area contributed by atoms with Crippen molar-refractivity contribution in [3.8, 4) is 22.6 Å². The van der Waals surface area contributed by atoms with Crippen LogP contribution >= 0.6 is 15.9 Å². The van der Waals surface area contributed by atoms with Gasteiger partial charge in [0.25, 0.3) is 0 Å². The Morgan fingerprint density at radius 2 is 1.11 bits per heavy atom. The van der Waals surface area contributed by atoms with E-state index in [1.54, 1.807) is 0 Å². The van der Waals surface area contributed by atoms with Crippen LogP contribution in [0.15, 0.2) is 95.5 Å². The Hall–Kier alpha value is -3.04. The highest BCUT2D eigenvalue weighted by Crippen LogP contribution is 2.56. The Labute approximate surface area is 223 Å². The lowest BCUT2D eigenvalue weighted by molar-refractivity contribution is 0.271. The molecule has 0 heterocycles. The summed E-state index contributed by atoms with van der Waals surface area (Å²) in [5, 5.41) is 0. The summed E-state index contributed by atoms with van der Waals surface area (Å²) in [4.78, 5) is 0. The molecule has 0 atom stereocenters. The minimum atomic E-state index is -0.442. The van der Waals surface area contributed by atoms with Gasteiger partial charge in [-0.1, -0.05) is 98.2 Å². The number of hydrogen-bond acceptors (Lipinski definition) is 2. The summed E-state index contributed by atoms with van der Waals surface area (Å²) in [5.41, 5.74) is 7.13. The number of ether oxygens (including phenoxy) is 2. The Kier molecular flexibility index (Phi) is 6.94. The molecule has 0 bridgehead atoms. The second kappa shape index (κ2) is 10.1. The number of fused-ring (bicyclic) bond motifs is 3. The highest BCUT2D eigenvalue weighted by molar-refractivity contribution is 9.10. The number of halogens is 1. The van der Waals surface area contributed by atoms with Crippen molar-refractivity contribution < 1.29 is 9.47 Å².